The molecule has 0 aliphatic carbocycles. The molecule has 2 nitrogen and oxygen atoms in total. The molecule has 0 N–H and O–H groups in total. The van der Waals surface area contributed by atoms with Crippen molar-refractivity contribution < 1.29 is 4.79 Å². The number of carbonyl (C=O) groups is 1. The predicted molar refractivity (Wildman–Crippen MR) is 86.0 cm³/mol. The summed E-state index contributed by atoms with van der Waals surface area (Å²) < 4.78 is 1.51. The van der Waals surface area contributed by atoms with Crippen molar-refractivity contribution in [3.8, 4) is 6.07 Å². The Kier molecular flexibility index (Phi) is 4.98. The first kappa shape index (κ1) is 15.2. The summed E-state index contributed by atoms with van der Waals surface area (Å²) in [4.78, 5) is 12.5. The molecule has 1 unspecified atom stereocenters. The maximum absolute atomic E-state index is 12.5. The van der Waals surface area contributed by atoms with E-state index in [1.807, 2.05) is 6.07 Å². The summed E-state index contributed by atoms with van der Waals surface area (Å²) in [7, 11) is 0. The Balaban J connectivity index is 2.42. The van der Waals surface area contributed by atoms with Gasteiger partial charge in [0.2, 0.25) is 0 Å². The van der Waals surface area contributed by atoms with Crippen LogP contribution in [0.2, 0.25) is 5.02 Å². The number of benzene rings is 2. The van der Waals surface area contributed by atoms with Gasteiger partial charge in [0, 0.05) is 19.5 Å². The number of halogens is 3. The highest BCUT2D eigenvalue weighted by molar-refractivity contribution is 9.11. The zero-order valence-electron chi connectivity index (χ0n) is 10.1. The Bertz CT molecular complexity index is 709. The van der Waals surface area contributed by atoms with Crippen molar-refractivity contribution in [2.45, 2.75) is 5.92 Å². The fraction of sp³-hybridized carbons (Fsp3) is 0.0667. The van der Waals surface area contributed by atoms with Gasteiger partial charge in [0.1, 0.15) is 5.92 Å². The van der Waals surface area contributed by atoms with Crippen LogP contribution in [0.5, 0.6) is 0 Å². The number of hydrogen-bond donors (Lipinski definition) is 0. The van der Waals surface area contributed by atoms with Crippen molar-refractivity contribution in [3.05, 3.63) is 67.6 Å². The molecule has 0 saturated heterocycles. The van der Waals surface area contributed by atoms with Crippen molar-refractivity contribution in [2.24, 2.45) is 0 Å². The zero-order chi connectivity index (χ0) is 14.7. The number of carbonyl (C=O) groups excluding carboxylic acids is 1. The smallest absolute Gasteiger partial charge is 0.185 e. The van der Waals surface area contributed by atoms with Gasteiger partial charge in [-0.1, -0.05) is 55.6 Å². The summed E-state index contributed by atoms with van der Waals surface area (Å²) >= 11 is 12.6. The third-order valence-corrected chi connectivity index (χ3v) is 4.15. The van der Waals surface area contributed by atoms with Gasteiger partial charge in [-0.15, -0.1) is 0 Å². The van der Waals surface area contributed by atoms with Gasteiger partial charge in [-0.05, 0) is 35.9 Å². The molecule has 0 aliphatic rings. The number of nitriles is 1. The van der Waals surface area contributed by atoms with Gasteiger partial charge in [0.25, 0.3) is 0 Å². The fourth-order valence-corrected chi connectivity index (χ4v) is 3.26. The fourth-order valence-electron chi connectivity index (χ4n) is 1.82. The predicted octanol–water partition coefficient (Wildman–Crippen LogP) is 5.36. The Morgan fingerprint density at radius 2 is 1.95 bits per heavy atom. The van der Waals surface area contributed by atoms with Crippen LogP contribution in [0.15, 0.2) is 51.4 Å². The lowest BCUT2D eigenvalue weighted by Crippen LogP contribution is -2.12. The van der Waals surface area contributed by atoms with E-state index in [4.69, 9.17) is 11.6 Å². The van der Waals surface area contributed by atoms with Crippen LogP contribution in [0.4, 0.5) is 0 Å². The highest BCUT2D eigenvalue weighted by atomic mass is 79.9. The van der Waals surface area contributed by atoms with Crippen LogP contribution >= 0.6 is 43.5 Å². The van der Waals surface area contributed by atoms with Gasteiger partial charge in [0.05, 0.1) is 6.07 Å². The van der Waals surface area contributed by atoms with Gasteiger partial charge in [-0.25, -0.2) is 0 Å². The van der Waals surface area contributed by atoms with E-state index in [2.05, 4.69) is 31.9 Å². The quantitative estimate of drug-likeness (QED) is 0.636. The summed E-state index contributed by atoms with van der Waals surface area (Å²) in [5.74, 6) is -1.12. The summed E-state index contributed by atoms with van der Waals surface area (Å²) in [5, 5.41) is 9.81. The van der Waals surface area contributed by atoms with E-state index in [1.54, 1.807) is 42.5 Å². The van der Waals surface area contributed by atoms with E-state index in [-0.39, 0.29) is 5.78 Å². The van der Waals surface area contributed by atoms with Gasteiger partial charge < -0.3 is 0 Å². The molecule has 0 amide bonds. The molecule has 100 valence electrons. The third kappa shape index (κ3) is 3.29. The maximum Gasteiger partial charge on any atom is 0.185 e. The summed E-state index contributed by atoms with van der Waals surface area (Å²) in [6.45, 7) is 0. The molecule has 1 atom stereocenters. The second kappa shape index (κ2) is 6.53. The lowest BCUT2D eigenvalue weighted by Gasteiger charge is -2.10. The van der Waals surface area contributed by atoms with Crippen LogP contribution in [0, 0.1) is 11.3 Å². The van der Waals surface area contributed by atoms with Gasteiger partial charge in [0.15, 0.2) is 5.78 Å². The van der Waals surface area contributed by atoms with Crippen LogP contribution in [-0.4, -0.2) is 5.78 Å². The highest BCUT2D eigenvalue weighted by Crippen LogP contribution is 2.28. The summed E-state index contributed by atoms with van der Waals surface area (Å²) in [5.41, 5.74) is 1.07. The maximum atomic E-state index is 12.5. The highest BCUT2D eigenvalue weighted by Gasteiger charge is 2.23. The molecule has 0 aromatic heterocycles. The molecule has 2 rings (SSSR count). The van der Waals surface area contributed by atoms with Crippen LogP contribution in [0.1, 0.15) is 21.8 Å². The van der Waals surface area contributed by atoms with Gasteiger partial charge in [-0.2, -0.15) is 5.26 Å². The number of Topliss-reactive ketones (excluding diaryl/α,β-unsaturated/α-hetero) is 1. The first-order valence-electron chi connectivity index (χ1n) is 5.67. The van der Waals surface area contributed by atoms with Crippen LogP contribution in [-0.2, 0) is 0 Å². The number of nitrogens with zero attached hydrogens (tertiary/aromatic N) is 1. The van der Waals surface area contributed by atoms with Gasteiger partial charge in [-0.3, -0.25) is 4.79 Å². The molecule has 2 aromatic carbocycles. The Morgan fingerprint density at radius 3 is 2.55 bits per heavy atom. The second-order valence-electron chi connectivity index (χ2n) is 4.11. The SMILES string of the molecule is N#CC(C(=O)c1ccc(Br)cc1Br)c1cccc(Cl)c1. The van der Waals surface area contributed by atoms with E-state index >= 15 is 0 Å². The molecule has 0 heterocycles. The van der Waals surface area contributed by atoms with Crippen molar-refractivity contribution in [1.82, 2.24) is 0 Å². The molecular formula is C15H8Br2ClNO. The number of ketones is 1. The monoisotopic (exact) mass is 411 g/mol. The Hall–Kier alpha value is -1.15. The van der Waals surface area contributed by atoms with Crippen molar-refractivity contribution in [3.63, 3.8) is 0 Å². The number of rotatable bonds is 3. The topological polar surface area (TPSA) is 40.9 Å². The van der Waals surface area contributed by atoms with Crippen LogP contribution in [0.3, 0.4) is 0 Å². The number of hydrogen-bond acceptors (Lipinski definition) is 2. The standard InChI is InChI=1S/C15H8Br2ClNO/c16-10-4-5-12(14(17)7-10)15(20)13(8-19)9-2-1-3-11(18)6-9/h1-7,13H. The Morgan fingerprint density at radius 1 is 1.20 bits per heavy atom. The van der Waals surface area contributed by atoms with Crippen molar-refractivity contribution in [1.29, 1.82) is 5.26 Å². The molecule has 5 heteroatoms. The molecule has 0 aliphatic heterocycles. The van der Waals surface area contributed by atoms with Gasteiger partial charge >= 0.3 is 0 Å². The molecule has 20 heavy (non-hydrogen) atoms. The van der Waals surface area contributed by atoms with E-state index < -0.39 is 5.92 Å². The summed E-state index contributed by atoms with van der Waals surface area (Å²) in [6.07, 6.45) is 0. The van der Waals surface area contributed by atoms with E-state index in [0.29, 0.717) is 20.6 Å². The average Bonchev–Trinajstić information content (AvgIpc) is 2.39. The minimum Gasteiger partial charge on any atom is -0.292 e. The molecule has 0 saturated carbocycles. The van der Waals surface area contributed by atoms with Crippen molar-refractivity contribution in [2.75, 3.05) is 0 Å². The average molecular weight is 413 g/mol. The molecule has 2 aromatic rings. The first-order valence-corrected chi connectivity index (χ1v) is 7.63. The second-order valence-corrected chi connectivity index (χ2v) is 6.31. The molecule has 0 spiro atoms. The van der Waals surface area contributed by atoms with E-state index in [1.165, 1.54) is 0 Å². The molecule has 0 radical (unpaired) electrons. The minimum absolute atomic E-state index is 0.255. The summed E-state index contributed by atoms with van der Waals surface area (Å²) in [6, 6.07) is 14.1. The molecule has 0 bridgehead atoms. The van der Waals surface area contributed by atoms with E-state index in [0.717, 1.165) is 4.47 Å². The first-order chi connectivity index (χ1) is 9.52. The van der Waals surface area contributed by atoms with Crippen molar-refractivity contribution >= 4 is 49.2 Å². The largest absolute Gasteiger partial charge is 0.292 e. The minimum atomic E-state index is -0.869. The van der Waals surface area contributed by atoms with Crippen LogP contribution < -0.4 is 0 Å². The third-order valence-electron chi connectivity index (χ3n) is 2.77. The lowest BCUT2D eigenvalue weighted by atomic mass is 9.92. The lowest BCUT2D eigenvalue weighted by molar-refractivity contribution is 0.0978. The Labute approximate surface area is 138 Å². The molecule has 0 fully saturated rings. The van der Waals surface area contributed by atoms with E-state index in [9.17, 15) is 10.1 Å². The zero-order valence-corrected chi connectivity index (χ0v) is 14.0. The molecular weight excluding hydrogens is 405 g/mol. The normalized spacial score (nSPS) is 11.7. The van der Waals surface area contributed by atoms with Crippen LogP contribution in [0.25, 0.3) is 0 Å².